The lowest BCUT2D eigenvalue weighted by Gasteiger charge is -2.16. The summed E-state index contributed by atoms with van der Waals surface area (Å²) in [6, 6.07) is -0.538. The molecule has 0 amide bonds. The van der Waals surface area contributed by atoms with E-state index in [0.29, 0.717) is 26.2 Å². The minimum atomic E-state index is -0.538. The molecule has 0 spiro atoms. The molecule has 86 valence electrons. The van der Waals surface area contributed by atoms with Crippen molar-refractivity contribution in [2.24, 2.45) is 5.92 Å². The Balaban J connectivity index is 2.56. The predicted molar refractivity (Wildman–Crippen MR) is 53.2 cm³/mol. The first-order chi connectivity index (χ1) is 7.20. The lowest BCUT2D eigenvalue weighted by Crippen LogP contribution is -2.40. The van der Waals surface area contributed by atoms with Crippen LogP contribution in [0.25, 0.3) is 0 Å². The van der Waals surface area contributed by atoms with Gasteiger partial charge in [-0.2, -0.15) is 0 Å². The number of carbonyl (C=O) groups is 2. The Hall–Kier alpha value is -1.10. The van der Waals surface area contributed by atoms with E-state index in [9.17, 15) is 9.59 Å². The Labute approximate surface area is 89.1 Å². The molecule has 0 aliphatic carbocycles. The highest BCUT2D eigenvalue weighted by Crippen LogP contribution is 2.18. The number of hydrogen-bond acceptors (Lipinski definition) is 5. The van der Waals surface area contributed by atoms with Gasteiger partial charge in [0.05, 0.1) is 19.1 Å². The first-order valence-corrected chi connectivity index (χ1v) is 5.27. The predicted octanol–water partition coefficient (Wildman–Crippen LogP) is 0.0907. The Morgan fingerprint density at radius 3 is 2.40 bits per heavy atom. The van der Waals surface area contributed by atoms with Crippen molar-refractivity contribution in [1.29, 1.82) is 0 Å². The first kappa shape index (κ1) is 12.0. The molecule has 1 aliphatic heterocycles. The number of ether oxygens (including phenoxy) is 2. The molecule has 15 heavy (non-hydrogen) atoms. The molecule has 1 heterocycles. The standard InChI is InChI=1S/C10H17NO4/c1-3-14-9(12)7-5-6-11-8(7)10(13)15-4-2/h7-8,11H,3-6H2,1-2H3/t7-,8-/m1/s1. The molecule has 0 aromatic carbocycles. The summed E-state index contributed by atoms with van der Waals surface area (Å²) in [5.74, 6) is -1.09. The SMILES string of the molecule is CCOC(=O)[C@@H]1CCN[C@H]1C(=O)OCC. The summed E-state index contributed by atoms with van der Waals surface area (Å²) in [6.07, 6.45) is 0.627. The van der Waals surface area contributed by atoms with Crippen LogP contribution >= 0.6 is 0 Å². The Kier molecular flexibility index (Phi) is 4.55. The Bertz CT molecular complexity index is 218. The van der Waals surface area contributed by atoms with Crippen LogP contribution in [0.15, 0.2) is 0 Å². The molecule has 1 rings (SSSR count). The van der Waals surface area contributed by atoms with E-state index in [4.69, 9.17) is 9.47 Å². The van der Waals surface area contributed by atoms with Gasteiger partial charge in [-0.05, 0) is 26.8 Å². The van der Waals surface area contributed by atoms with Crippen molar-refractivity contribution < 1.29 is 19.1 Å². The molecule has 1 aliphatic rings. The number of hydrogen-bond donors (Lipinski definition) is 1. The summed E-state index contributed by atoms with van der Waals surface area (Å²) in [5.41, 5.74) is 0. The van der Waals surface area contributed by atoms with Gasteiger partial charge in [0.2, 0.25) is 0 Å². The highest BCUT2D eigenvalue weighted by molar-refractivity contribution is 5.85. The normalized spacial score (nSPS) is 24.9. The van der Waals surface area contributed by atoms with Gasteiger partial charge in [-0.3, -0.25) is 9.59 Å². The van der Waals surface area contributed by atoms with E-state index in [2.05, 4.69) is 5.32 Å². The zero-order chi connectivity index (χ0) is 11.3. The summed E-state index contributed by atoms with van der Waals surface area (Å²) in [5, 5.41) is 2.96. The van der Waals surface area contributed by atoms with Gasteiger partial charge in [-0.1, -0.05) is 0 Å². The number of esters is 2. The van der Waals surface area contributed by atoms with Crippen LogP contribution in [0.2, 0.25) is 0 Å². The monoisotopic (exact) mass is 215 g/mol. The summed E-state index contributed by atoms with van der Waals surface area (Å²) in [4.78, 5) is 23.0. The minimum Gasteiger partial charge on any atom is -0.466 e. The topological polar surface area (TPSA) is 64.6 Å². The molecule has 0 aromatic rings. The minimum absolute atomic E-state index is 0.319. The fourth-order valence-corrected chi connectivity index (χ4v) is 1.69. The van der Waals surface area contributed by atoms with Crippen molar-refractivity contribution in [1.82, 2.24) is 5.32 Å². The zero-order valence-corrected chi connectivity index (χ0v) is 9.12. The van der Waals surface area contributed by atoms with Crippen LogP contribution in [0.5, 0.6) is 0 Å². The summed E-state index contributed by atoms with van der Waals surface area (Å²) in [7, 11) is 0. The Morgan fingerprint density at radius 1 is 1.20 bits per heavy atom. The molecular weight excluding hydrogens is 198 g/mol. The maximum Gasteiger partial charge on any atom is 0.324 e. The van der Waals surface area contributed by atoms with Crippen LogP contribution < -0.4 is 5.32 Å². The van der Waals surface area contributed by atoms with Crippen molar-refractivity contribution in [2.45, 2.75) is 26.3 Å². The third-order valence-corrected chi connectivity index (χ3v) is 2.35. The molecule has 0 radical (unpaired) electrons. The molecule has 0 saturated carbocycles. The lowest BCUT2D eigenvalue weighted by atomic mass is 10.0. The van der Waals surface area contributed by atoms with Gasteiger partial charge in [0.1, 0.15) is 6.04 Å². The fourth-order valence-electron chi connectivity index (χ4n) is 1.69. The summed E-state index contributed by atoms with van der Waals surface area (Å²) < 4.78 is 9.77. The summed E-state index contributed by atoms with van der Waals surface area (Å²) in [6.45, 7) is 4.80. The van der Waals surface area contributed by atoms with Gasteiger partial charge in [0, 0.05) is 0 Å². The molecular formula is C10H17NO4. The molecule has 1 saturated heterocycles. The van der Waals surface area contributed by atoms with Gasteiger partial charge in [0.15, 0.2) is 0 Å². The second-order valence-corrected chi connectivity index (χ2v) is 3.33. The van der Waals surface area contributed by atoms with Gasteiger partial charge in [-0.15, -0.1) is 0 Å². The molecule has 0 bridgehead atoms. The third kappa shape index (κ3) is 2.92. The van der Waals surface area contributed by atoms with E-state index >= 15 is 0 Å². The maximum absolute atomic E-state index is 11.5. The number of carbonyl (C=O) groups excluding carboxylic acids is 2. The van der Waals surface area contributed by atoms with E-state index in [-0.39, 0.29) is 11.9 Å². The van der Waals surface area contributed by atoms with Crippen LogP contribution in [0.4, 0.5) is 0 Å². The van der Waals surface area contributed by atoms with Crippen LogP contribution in [0.1, 0.15) is 20.3 Å². The van der Waals surface area contributed by atoms with Crippen LogP contribution in [0.3, 0.4) is 0 Å². The quantitative estimate of drug-likeness (QED) is 0.673. The second-order valence-electron chi connectivity index (χ2n) is 3.33. The van der Waals surface area contributed by atoms with E-state index in [1.807, 2.05) is 0 Å². The van der Waals surface area contributed by atoms with Crippen LogP contribution in [-0.2, 0) is 19.1 Å². The van der Waals surface area contributed by atoms with Crippen molar-refractivity contribution >= 4 is 11.9 Å². The van der Waals surface area contributed by atoms with E-state index in [1.54, 1.807) is 13.8 Å². The molecule has 0 aromatic heterocycles. The second kappa shape index (κ2) is 5.70. The fraction of sp³-hybridized carbons (Fsp3) is 0.800. The van der Waals surface area contributed by atoms with Crippen molar-refractivity contribution in [3.05, 3.63) is 0 Å². The van der Waals surface area contributed by atoms with Crippen molar-refractivity contribution in [3.63, 3.8) is 0 Å². The van der Waals surface area contributed by atoms with E-state index in [0.717, 1.165) is 0 Å². The summed E-state index contributed by atoms with van der Waals surface area (Å²) >= 11 is 0. The maximum atomic E-state index is 11.5. The zero-order valence-electron chi connectivity index (χ0n) is 9.12. The van der Waals surface area contributed by atoms with Crippen LogP contribution in [-0.4, -0.2) is 37.7 Å². The van der Waals surface area contributed by atoms with E-state index < -0.39 is 12.0 Å². The molecule has 2 atom stereocenters. The highest BCUT2D eigenvalue weighted by atomic mass is 16.5. The van der Waals surface area contributed by atoms with Crippen molar-refractivity contribution in [2.75, 3.05) is 19.8 Å². The van der Waals surface area contributed by atoms with Gasteiger partial charge in [-0.25, -0.2) is 0 Å². The van der Waals surface area contributed by atoms with Gasteiger partial charge < -0.3 is 14.8 Å². The average molecular weight is 215 g/mol. The Morgan fingerprint density at radius 2 is 1.80 bits per heavy atom. The molecule has 0 unspecified atom stereocenters. The van der Waals surface area contributed by atoms with Crippen LogP contribution in [0, 0.1) is 5.92 Å². The molecule has 1 N–H and O–H groups in total. The van der Waals surface area contributed by atoms with Crippen molar-refractivity contribution in [3.8, 4) is 0 Å². The third-order valence-electron chi connectivity index (χ3n) is 2.35. The van der Waals surface area contributed by atoms with E-state index in [1.165, 1.54) is 0 Å². The number of nitrogens with one attached hydrogen (secondary N) is 1. The lowest BCUT2D eigenvalue weighted by molar-refractivity contribution is -0.155. The van der Waals surface area contributed by atoms with Gasteiger partial charge >= 0.3 is 11.9 Å². The smallest absolute Gasteiger partial charge is 0.324 e. The molecule has 5 nitrogen and oxygen atoms in total. The average Bonchev–Trinajstić information content (AvgIpc) is 2.66. The first-order valence-electron chi connectivity index (χ1n) is 5.27. The van der Waals surface area contributed by atoms with Gasteiger partial charge in [0.25, 0.3) is 0 Å². The number of rotatable bonds is 4. The highest BCUT2D eigenvalue weighted by Gasteiger charge is 2.39. The molecule has 5 heteroatoms. The molecule has 1 fully saturated rings. The largest absolute Gasteiger partial charge is 0.466 e.